The highest BCUT2D eigenvalue weighted by Gasteiger charge is 2.33. The summed E-state index contributed by atoms with van der Waals surface area (Å²) in [5, 5.41) is 3.72. The van der Waals surface area contributed by atoms with Crippen molar-refractivity contribution in [1.82, 2.24) is 20.2 Å². The number of thiazole rings is 2. The van der Waals surface area contributed by atoms with Crippen LogP contribution in [0.3, 0.4) is 0 Å². The van der Waals surface area contributed by atoms with Gasteiger partial charge in [0.15, 0.2) is 0 Å². The van der Waals surface area contributed by atoms with E-state index < -0.39 is 0 Å². The molecule has 1 aliphatic rings. The zero-order valence-electron chi connectivity index (χ0n) is 17.0. The van der Waals surface area contributed by atoms with Gasteiger partial charge < -0.3 is 10.2 Å². The van der Waals surface area contributed by atoms with Gasteiger partial charge in [-0.25, -0.2) is 9.97 Å². The topological polar surface area (TPSA) is 75.2 Å². The van der Waals surface area contributed by atoms with Crippen LogP contribution >= 0.6 is 34.4 Å². The first-order chi connectivity index (χ1) is 14.4. The SMILES string of the molecule is Cc1cccc(-c2sc(C)nc2C(=O)N2CCSC2CNC(=O)c2scnc2C)c1. The molecule has 1 N–H and O–H groups in total. The van der Waals surface area contributed by atoms with Crippen molar-refractivity contribution < 1.29 is 9.59 Å². The van der Waals surface area contributed by atoms with Crippen LogP contribution in [0.5, 0.6) is 0 Å². The number of thioether (sulfide) groups is 1. The van der Waals surface area contributed by atoms with Gasteiger partial charge in [0, 0.05) is 18.8 Å². The summed E-state index contributed by atoms with van der Waals surface area (Å²) in [4.78, 5) is 37.9. The van der Waals surface area contributed by atoms with Gasteiger partial charge in [0.1, 0.15) is 10.6 Å². The molecule has 1 fully saturated rings. The number of hydrogen-bond acceptors (Lipinski definition) is 7. The van der Waals surface area contributed by atoms with Crippen molar-refractivity contribution in [2.45, 2.75) is 26.1 Å². The van der Waals surface area contributed by atoms with Gasteiger partial charge in [0.2, 0.25) is 0 Å². The number of carbonyl (C=O) groups excluding carboxylic acids is 2. The van der Waals surface area contributed by atoms with Gasteiger partial charge in [-0.3, -0.25) is 9.59 Å². The summed E-state index contributed by atoms with van der Waals surface area (Å²) < 4.78 is 0. The van der Waals surface area contributed by atoms with Crippen LogP contribution in [0.1, 0.15) is 36.4 Å². The highest BCUT2D eigenvalue weighted by atomic mass is 32.2. The zero-order valence-corrected chi connectivity index (χ0v) is 19.4. The molecule has 4 rings (SSSR count). The first-order valence-electron chi connectivity index (χ1n) is 9.59. The maximum atomic E-state index is 13.4. The molecule has 3 heterocycles. The molecule has 1 saturated heterocycles. The molecule has 30 heavy (non-hydrogen) atoms. The quantitative estimate of drug-likeness (QED) is 0.622. The molecular weight excluding hydrogens is 436 g/mol. The molecule has 1 atom stereocenters. The Labute approximate surface area is 187 Å². The summed E-state index contributed by atoms with van der Waals surface area (Å²) in [5.41, 5.74) is 5.06. The molecule has 2 amide bonds. The monoisotopic (exact) mass is 458 g/mol. The number of aromatic nitrogens is 2. The Hall–Kier alpha value is -2.23. The second kappa shape index (κ2) is 8.87. The minimum absolute atomic E-state index is 0.0749. The predicted molar refractivity (Wildman–Crippen MR) is 123 cm³/mol. The molecule has 3 aromatic rings. The smallest absolute Gasteiger partial charge is 0.274 e. The lowest BCUT2D eigenvalue weighted by molar-refractivity contribution is 0.0747. The minimum Gasteiger partial charge on any atom is -0.348 e. The number of rotatable bonds is 5. The number of carbonyl (C=O) groups is 2. The van der Waals surface area contributed by atoms with Crippen LogP contribution in [0.15, 0.2) is 29.8 Å². The fourth-order valence-corrected chi connectivity index (χ4v) is 6.17. The first-order valence-corrected chi connectivity index (χ1v) is 12.3. The lowest BCUT2D eigenvalue weighted by Gasteiger charge is -2.23. The van der Waals surface area contributed by atoms with Crippen molar-refractivity contribution in [2.75, 3.05) is 18.8 Å². The molecule has 0 bridgehead atoms. The maximum Gasteiger partial charge on any atom is 0.274 e. The fourth-order valence-electron chi connectivity index (χ4n) is 3.39. The van der Waals surface area contributed by atoms with Gasteiger partial charge in [-0.1, -0.05) is 29.8 Å². The van der Waals surface area contributed by atoms with E-state index >= 15 is 0 Å². The predicted octanol–water partition coefficient (Wildman–Crippen LogP) is 4.14. The molecule has 1 aliphatic heterocycles. The summed E-state index contributed by atoms with van der Waals surface area (Å²) in [5.74, 6) is 0.628. The third-order valence-corrected chi connectivity index (χ3v) is 8.03. The van der Waals surface area contributed by atoms with Crippen LogP contribution < -0.4 is 5.32 Å². The molecule has 6 nitrogen and oxygen atoms in total. The Balaban J connectivity index is 1.52. The van der Waals surface area contributed by atoms with E-state index in [4.69, 9.17) is 0 Å². The maximum absolute atomic E-state index is 13.4. The molecule has 9 heteroatoms. The molecule has 0 radical (unpaired) electrons. The Morgan fingerprint density at radius 3 is 2.83 bits per heavy atom. The lowest BCUT2D eigenvalue weighted by Crippen LogP contribution is -2.42. The van der Waals surface area contributed by atoms with E-state index in [9.17, 15) is 9.59 Å². The Morgan fingerprint density at radius 1 is 1.27 bits per heavy atom. The van der Waals surface area contributed by atoms with Crippen molar-refractivity contribution >= 4 is 46.2 Å². The van der Waals surface area contributed by atoms with E-state index in [2.05, 4.69) is 21.4 Å². The highest BCUT2D eigenvalue weighted by Crippen LogP contribution is 2.33. The number of nitrogens with one attached hydrogen (secondary N) is 1. The summed E-state index contributed by atoms with van der Waals surface area (Å²) in [6.45, 7) is 6.83. The minimum atomic E-state index is -0.139. The molecule has 0 spiro atoms. The second-order valence-electron chi connectivity index (χ2n) is 7.08. The summed E-state index contributed by atoms with van der Waals surface area (Å²) in [6, 6.07) is 8.14. The second-order valence-corrected chi connectivity index (χ2v) is 10.4. The van der Waals surface area contributed by atoms with Gasteiger partial charge >= 0.3 is 0 Å². The summed E-state index contributed by atoms with van der Waals surface area (Å²) in [7, 11) is 0. The van der Waals surface area contributed by atoms with E-state index in [0.29, 0.717) is 23.7 Å². The molecule has 156 valence electrons. The number of amides is 2. The van der Waals surface area contributed by atoms with Crippen LogP contribution in [-0.2, 0) is 0 Å². The van der Waals surface area contributed by atoms with E-state index in [0.717, 1.165) is 32.5 Å². The number of hydrogen-bond donors (Lipinski definition) is 1. The zero-order chi connectivity index (χ0) is 21.3. The van der Waals surface area contributed by atoms with Crippen molar-refractivity contribution in [2.24, 2.45) is 0 Å². The Bertz CT molecular complexity index is 1090. The Kier molecular flexibility index (Phi) is 6.21. The van der Waals surface area contributed by atoms with E-state index in [-0.39, 0.29) is 17.2 Å². The summed E-state index contributed by atoms with van der Waals surface area (Å²) in [6.07, 6.45) is 0. The van der Waals surface area contributed by atoms with Gasteiger partial charge in [-0.15, -0.1) is 34.4 Å². The first kappa shape index (κ1) is 21.0. The van der Waals surface area contributed by atoms with Crippen LogP contribution in [0.25, 0.3) is 10.4 Å². The summed E-state index contributed by atoms with van der Waals surface area (Å²) >= 11 is 4.55. The molecule has 2 aromatic heterocycles. The standard InChI is InChI=1S/C21H22N4O2S3/c1-12-5-4-6-15(9-12)19-17(24-14(3)30-19)21(27)25-7-8-28-16(25)10-22-20(26)18-13(2)23-11-29-18/h4-6,9,11,16H,7-8,10H2,1-3H3,(H,22,26). The van der Waals surface area contributed by atoms with Gasteiger partial charge in [-0.05, 0) is 26.3 Å². The van der Waals surface area contributed by atoms with E-state index in [1.165, 1.54) is 11.3 Å². The third kappa shape index (κ3) is 4.28. The van der Waals surface area contributed by atoms with Crippen molar-refractivity contribution in [3.63, 3.8) is 0 Å². The molecule has 1 aromatic carbocycles. The number of nitrogens with zero attached hydrogens (tertiary/aromatic N) is 3. The van der Waals surface area contributed by atoms with Crippen molar-refractivity contribution in [1.29, 1.82) is 0 Å². The van der Waals surface area contributed by atoms with Crippen LogP contribution in [0.4, 0.5) is 0 Å². The normalized spacial score (nSPS) is 16.1. The van der Waals surface area contributed by atoms with Crippen molar-refractivity contribution in [3.05, 3.63) is 56.6 Å². The largest absolute Gasteiger partial charge is 0.348 e. The van der Waals surface area contributed by atoms with Crippen LogP contribution in [0.2, 0.25) is 0 Å². The van der Waals surface area contributed by atoms with E-state index in [1.807, 2.05) is 43.9 Å². The molecule has 0 aliphatic carbocycles. The van der Waals surface area contributed by atoms with Crippen molar-refractivity contribution in [3.8, 4) is 10.4 Å². The highest BCUT2D eigenvalue weighted by molar-refractivity contribution is 8.00. The lowest BCUT2D eigenvalue weighted by atomic mass is 10.1. The van der Waals surface area contributed by atoms with Gasteiger partial charge in [0.25, 0.3) is 11.8 Å². The average Bonchev–Trinajstić information content (AvgIpc) is 3.45. The Morgan fingerprint density at radius 2 is 2.10 bits per heavy atom. The van der Waals surface area contributed by atoms with Gasteiger partial charge in [0.05, 0.1) is 26.5 Å². The molecule has 1 unspecified atom stereocenters. The third-order valence-electron chi connectivity index (χ3n) is 4.86. The van der Waals surface area contributed by atoms with Crippen LogP contribution in [0, 0.1) is 20.8 Å². The van der Waals surface area contributed by atoms with E-state index in [1.54, 1.807) is 28.6 Å². The number of benzene rings is 1. The fraction of sp³-hybridized carbons (Fsp3) is 0.333. The van der Waals surface area contributed by atoms with Crippen LogP contribution in [-0.4, -0.2) is 50.9 Å². The number of aryl methyl sites for hydroxylation is 3. The molecule has 0 saturated carbocycles. The average molecular weight is 459 g/mol. The molecular formula is C21H22N4O2S3. The van der Waals surface area contributed by atoms with Gasteiger partial charge in [-0.2, -0.15) is 0 Å².